The van der Waals surface area contributed by atoms with Crippen molar-refractivity contribution in [3.05, 3.63) is 23.5 Å². The van der Waals surface area contributed by atoms with Gasteiger partial charge in [-0.25, -0.2) is 4.68 Å². The molecule has 0 unspecified atom stereocenters. The van der Waals surface area contributed by atoms with Crippen molar-refractivity contribution in [1.82, 2.24) is 20.3 Å². The van der Waals surface area contributed by atoms with Crippen LogP contribution in [0.1, 0.15) is 97.9 Å². The molecule has 1 aromatic rings. The van der Waals surface area contributed by atoms with E-state index in [9.17, 15) is 0 Å². The highest BCUT2D eigenvalue weighted by molar-refractivity contribution is 5.30. The molecular formula is C30H47N5O. The van der Waals surface area contributed by atoms with Crippen molar-refractivity contribution in [2.75, 3.05) is 6.54 Å². The summed E-state index contributed by atoms with van der Waals surface area (Å²) in [4.78, 5) is 0. The quantitative estimate of drug-likeness (QED) is 0.524. The van der Waals surface area contributed by atoms with Gasteiger partial charge in [-0.1, -0.05) is 37.1 Å². The van der Waals surface area contributed by atoms with Gasteiger partial charge in [0.15, 0.2) is 0 Å². The lowest BCUT2D eigenvalue weighted by atomic mass is 9.52. The zero-order valence-electron chi connectivity index (χ0n) is 22.9. The lowest BCUT2D eigenvalue weighted by molar-refractivity contribution is -0.0784. The first-order valence-corrected chi connectivity index (χ1v) is 15.0. The zero-order valence-corrected chi connectivity index (χ0v) is 22.9. The Labute approximate surface area is 217 Å². The van der Waals surface area contributed by atoms with Crippen molar-refractivity contribution >= 4 is 0 Å². The second-order valence-corrected chi connectivity index (χ2v) is 14.2. The minimum atomic E-state index is -0.367. The summed E-state index contributed by atoms with van der Waals surface area (Å²) in [5.41, 5.74) is 10.5. The summed E-state index contributed by atoms with van der Waals surface area (Å²) in [6.45, 7) is 10.8. The van der Waals surface area contributed by atoms with Crippen LogP contribution < -0.4 is 11.1 Å². The van der Waals surface area contributed by atoms with E-state index in [1.165, 1.54) is 51.4 Å². The van der Waals surface area contributed by atoms with Gasteiger partial charge in [0.1, 0.15) is 0 Å². The minimum absolute atomic E-state index is 0.0929. The van der Waals surface area contributed by atoms with Crippen LogP contribution in [0.5, 0.6) is 0 Å². The van der Waals surface area contributed by atoms with Gasteiger partial charge >= 0.3 is 0 Å². The SMILES string of the molecule is CC1=C2C[C@H]3[C@@H](CC[C@@H]4C[C@@H](n5ccnn5)CC[C@@]43C)[C@@H]2CC[C@@]2(C1)O[C@@H]1C[C@H](C)CN[C@@]1(N)[C@H]2C. The van der Waals surface area contributed by atoms with Crippen LogP contribution in [0.4, 0.5) is 0 Å². The molecular weight excluding hydrogens is 446 g/mol. The van der Waals surface area contributed by atoms with Gasteiger partial charge in [0, 0.05) is 12.1 Å². The summed E-state index contributed by atoms with van der Waals surface area (Å²) in [7, 11) is 0. The van der Waals surface area contributed by atoms with E-state index in [-0.39, 0.29) is 17.4 Å². The summed E-state index contributed by atoms with van der Waals surface area (Å²) < 4.78 is 9.18. The van der Waals surface area contributed by atoms with Gasteiger partial charge in [0.2, 0.25) is 0 Å². The first-order valence-electron chi connectivity index (χ1n) is 15.0. The van der Waals surface area contributed by atoms with Gasteiger partial charge in [-0.3, -0.25) is 5.32 Å². The number of hydrogen-bond acceptors (Lipinski definition) is 5. The number of aromatic nitrogens is 3. The Morgan fingerprint density at radius 3 is 2.81 bits per heavy atom. The third-order valence-electron chi connectivity index (χ3n) is 12.7. The summed E-state index contributed by atoms with van der Waals surface area (Å²) in [5, 5.41) is 12.2. The highest BCUT2D eigenvalue weighted by Crippen LogP contribution is 2.66. The van der Waals surface area contributed by atoms with Gasteiger partial charge in [-0.15, -0.1) is 5.10 Å². The largest absolute Gasteiger partial charge is 0.368 e. The maximum Gasteiger partial charge on any atom is 0.0986 e. The molecule has 1 spiro atoms. The number of rotatable bonds is 1. The molecule has 6 aliphatic rings. The number of allylic oxidation sites excluding steroid dienone is 1. The van der Waals surface area contributed by atoms with Crippen molar-refractivity contribution in [2.45, 2.75) is 115 Å². The lowest BCUT2D eigenvalue weighted by Gasteiger charge is -2.54. The minimum Gasteiger partial charge on any atom is -0.368 e. The Morgan fingerprint density at radius 1 is 1.14 bits per heavy atom. The maximum atomic E-state index is 7.07. The fourth-order valence-electron chi connectivity index (χ4n) is 10.5. The Kier molecular flexibility index (Phi) is 5.38. The molecule has 7 rings (SSSR count). The molecule has 2 aliphatic heterocycles. The average Bonchev–Trinajstić information content (AvgIpc) is 3.54. The van der Waals surface area contributed by atoms with Gasteiger partial charge in [-0.05, 0) is 113 Å². The standard InChI is InChI=1S/C30H47N5O/c1-18-13-27-30(31,32-17-18)20(3)29(36-27)10-8-23-24-6-5-21-14-22(35-12-11-33-34-35)7-9-28(21,4)26(24)15-25(23)19(2)16-29/h11-12,18,20-24,26-27,32H,5-10,13-17,31H2,1-4H3/t18-,20-,21+,22-,23-,24-,26-,27+,28-,29-,30-/m0/s1. The fraction of sp³-hybridized carbons (Fsp3) is 0.867. The highest BCUT2D eigenvalue weighted by Gasteiger charge is 2.63. The van der Waals surface area contributed by atoms with E-state index in [1.54, 1.807) is 5.57 Å². The van der Waals surface area contributed by atoms with Crippen molar-refractivity contribution < 1.29 is 4.74 Å². The molecule has 3 N–H and O–H groups in total. The number of piperidine rings is 1. The fourth-order valence-corrected chi connectivity index (χ4v) is 10.5. The van der Waals surface area contributed by atoms with Crippen molar-refractivity contribution in [2.24, 2.45) is 46.7 Å². The number of fused-ring (bicyclic) bond motifs is 6. The number of hydrogen-bond donors (Lipinski definition) is 2. The number of nitrogens with two attached hydrogens (primary N) is 1. The lowest BCUT2D eigenvalue weighted by Crippen LogP contribution is -2.67. The third kappa shape index (κ3) is 3.25. The smallest absolute Gasteiger partial charge is 0.0986 e. The van der Waals surface area contributed by atoms with Crippen molar-refractivity contribution in [3.63, 3.8) is 0 Å². The molecule has 36 heavy (non-hydrogen) atoms. The maximum absolute atomic E-state index is 7.07. The van der Waals surface area contributed by atoms with E-state index in [4.69, 9.17) is 10.5 Å². The molecule has 0 bridgehead atoms. The van der Waals surface area contributed by atoms with Crippen LogP contribution in [0.3, 0.4) is 0 Å². The molecule has 2 saturated heterocycles. The van der Waals surface area contributed by atoms with Gasteiger partial charge in [-0.2, -0.15) is 0 Å². The normalized spacial score (nSPS) is 52.5. The topological polar surface area (TPSA) is 78.0 Å². The Morgan fingerprint density at radius 2 is 2.00 bits per heavy atom. The molecule has 1 aromatic heterocycles. The Bertz CT molecular complexity index is 1040. The second-order valence-electron chi connectivity index (χ2n) is 14.2. The molecule has 11 atom stereocenters. The zero-order chi connectivity index (χ0) is 24.9. The molecule has 3 saturated carbocycles. The number of nitrogens with zero attached hydrogens (tertiary/aromatic N) is 3. The monoisotopic (exact) mass is 493 g/mol. The molecule has 0 amide bonds. The van der Waals surface area contributed by atoms with Crippen molar-refractivity contribution in [3.8, 4) is 0 Å². The van der Waals surface area contributed by atoms with E-state index in [0.29, 0.717) is 23.3 Å². The number of ether oxygens (including phenoxy) is 1. The number of nitrogens with one attached hydrogen (secondary N) is 1. The molecule has 0 aromatic carbocycles. The molecule has 6 heteroatoms. The van der Waals surface area contributed by atoms with Crippen LogP contribution in [0.25, 0.3) is 0 Å². The predicted octanol–water partition coefficient (Wildman–Crippen LogP) is 5.23. The first kappa shape index (κ1) is 23.8. The molecule has 6 nitrogen and oxygen atoms in total. The summed E-state index contributed by atoms with van der Waals surface area (Å²) in [5.74, 6) is 4.27. The highest BCUT2D eigenvalue weighted by atomic mass is 16.5. The van der Waals surface area contributed by atoms with Crippen LogP contribution in [0.15, 0.2) is 23.5 Å². The van der Waals surface area contributed by atoms with Crippen LogP contribution in [0, 0.1) is 40.9 Å². The van der Waals surface area contributed by atoms with E-state index < -0.39 is 0 Å². The predicted molar refractivity (Wildman–Crippen MR) is 141 cm³/mol. The van der Waals surface area contributed by atoms with Gasteiger partial charge in [0.05, 0.1) is 29.6 Å². The molecule has 3 heterocycles. The van der Waals surface area contributed by atoms with Gasteiger partial charge in [0.25, 0.3) is 0 Å². The van der Waals surface area contributed by atoms with E-state index in [0.717, 1.165) is 43.1 Å². The third-order valence-corrected chi connectivity index (χ3v) is 12.7. The Hall–Kier alpha value is -1.24. The van der Waals surface area contributed by atoms with Crippen molar-refractivity contribution in [1.29, 1.82) is 0 Å². The van der Waals surface area contributed by atoms with Crippen LogP contribution in [-0.4, -0.2) is 38.9 Å². The summed E-state index contributed by atoms with van der Waals surface area (Å²) in [6.07, 6.45) is 16.7. The Balaban J connectivity index is 1.14. The molecule has 198 valence electrons. The van der Waals surface area contributed by atoms with Crippen LogP contribution >= 0.6 is 0 Å². The van der Waals surface area contributed by atoms with E-state index in [2.05, 4.69) is 54.2 Å². The van der Waals surface area contributed by atoms with Crippen LogP contribution in [-0.2, 0) is 4.74 Å². The molecule has 5 fully saturated rings. The summed E-state index contributed by atoms with van der Waals surface area (Å²) in [6, 6.07) is 0.541. The van der Waals surface area contributed by atoms with E-state index >= 15 is 0 Å². The summed E-state index contributed by atoms with van der Waals surface area (Å²) >= 11 is 0. The first-order chi connectivity index (χ1) is 17.2. The molecule has 0 radical (unpaired) electrons. The average molecular weight is 494 g/mol. The molecule has 4 aliphatic carbocycles. The van der Waals surface area contributed by atoms with Gasteiger partial charge < -0.3 is 10.5 Å². The van der Waals surface area contributed by atoms with E-state index in [1.807, 2.05) is 11.8 Å². The van der Waals surface area contributed by atoms with Crippen LogP contribution in [0.2, 0.25) is 0 Å². The second kappa shape index (κ2) is 8.13.